The molecule has 0 fully saturated rings. The number of esters is 1. The van der Waals surface area contributed by atoms with Crippen LogP contribution in [-0.2, 0) is 23.0 Å². The van der Waals surface area contributed by atoms with Gasteiger partial charge in [0.25, 0.3) is 0 Å². The molecule has 5 heteroatoms. The number of aryl methyl sites for hydroxylation is 3. The Morgan fingerprint density at radius 2 is 2.05 bits per heavy atom. The van der Waals surface area contributed by atoms with Crippen molar-refractivity contribution in [1.82, 2.24) is 4.57 Å². The lowest BCUT2D eigenvalue weighted by Crippen LogP contribution is -2.12. The molecule has 1 aromatic carbocycles. The zero-order chi connectivity index (χ0) is 15.6. The molecule has 0 aliphatic rings. The third kappa shape index (κ3) is 2.91. The zero-order valence-electron chi connectivity index (χ0n) is 12.5. The molecule has 0 unspecified atom stereocenters. The predicted octanol–water partition coefficient (Wildman–Crippen LogP) is 2.68. The quantitative estimate of drug-likeness (QED) is 0.859. The number of nitrogens with zero attached hydrogens (tertiary/aromatic N) is 1. The first-order valence-electron chi connectivity index (χ1n) is 6.92. The molecular weight excluding hydrogens is 270 g/mol. The van der Waals surface area contributed by atoms with E-state index in [1.807, 2.05) is 25.1 Å². The first-order chi connectivity index (χ1) is 9.95. The summed E-state index contributed by atoms with van der Waals surface area (Å²) in [4.78, 5) is 23.1. The van der Waals surface area contributed by atoms with E-state index in [9.17, 15) is 9.59 Å². The second-order valence-electron chi connectivity index (χ2n) is 5.02. The molecule has 0 aliphatic heterocycles. The van der Waals surface area contributed by atoms with E-state index in [1.54, 1.807) is 18.5 Å². The fourth-order valence-corrected chi connectivity index (χ4v) is 2.58. The van der Waals surface area contributed by atoms with E-state index >= 15 is 0 Å². The fourth-order valence-electron chi connectivity index (χ4n) is 2.58. The number of carboxylic acids is 1. The van der Waals surface area contributed by atoms with Gasteiger partial charge in [0.1, 0.15) is 5.69 Å². The molecule has 21 heavy (non-hydrogen) atoms. The van der Waals surface area contributed by atoms with Crippen LogP contribution in [0.5, 0.6) is 0 Å². The molecule has 0 saturated carbocycles. The van der Waals surface area contributed by atoms with Gasteiger partial charge in [-0.2, -0.15) is 0 Å². The molecule has 1 aromatic heterocycles. The summed E-state index contributed by atoms with van der Waals surface area (Å²) in [7, 11) is 1.80. The number of aliphatic carboxylic acids is 1. The maximum absolute atomic E-state index is 12.2. The van der Waals surface area contributed by atoms with Gasteiger partial charge in [-0.05, 0) is 38.0 Å². The number of carboxylic acid groups (broad SMARTS) is 1. The van der Waals surface area contributed by atoms with Crippen molar-refractivity contribution in [3.8, 4) is 0 Å². The summed E-state index contributed by atoms with van der Waals surface area (Å²) in [5.41, 5.74) is 3.17. The van der Waals surface area contributed by atoms with E-state index in [0.717, 1.165) is 22.0 Å². The van der Waals surface area contributed by atoms with Crippen molar-refractivity contribution in [2.75, 3.05) is 6.61 Å². The van der Waals surface area contributed by atoms with Crippen LogP contribution in [0, 0.1) is 6.92 Å². The molecule has 2 rings (SSSR count). The van der Waals surface area contributed by atoms with Gasteiger partial charge >= 0.3 is 11.9 Å². The number of carbonyl (C=O) groups is 2. The molecule has 0 radical (unpaired) electrons. The predicted molar refractivity (Wildman–Crippen MR) is 79.6 cm³/mol. The zero-order valence-corrected chi connectivity index (χ0v) is 12.5. The molecular formula is C16H19NO4. The summed E-state index contributed by atoms with van der Waals surface area (Å²) in [6.45, 7) is 4.01. The summed E-state index contributed by atoms with van der Waals surface area (Å²) in [5, 5.41) is 9.84. The number of ether oxygens (including phenoxy) is 1. The molecule has 0 saturated heterocycles. The maximum atomic E-state index is 12.2. The van der Waals surface area contributed by atoms with Gasteiger partial charge < -0.3 is 14.4 Å². The van der Waals surface area contributed by atoms with Crippen LogP contribution in [0.2, 0.25) is 0 Å². The van der Waals surface area contributed by atoms with Gasteiger partial charge in [0.05, 0.1) is 6.61 Å². The minimum Gasteiger partial charge on any atom is -0.481 e. The molecule has 0 aliphatic carbocycles. The van der Waals surface area contributed by atoms with Crippen LogP contribution in [0.3, 0.4) is 0 Å². The lowest BCUT2D eigenvalue weighted by Gasteiger charge is -2.06. The topological polar surface area (TPSA) is 68.5 Å². The average Bonchev–Trinajstić information content (AvgIpc) is 2.69. The van der Waals surface area contributed by atoms with Gasteiger partial charge in [0, 0.05) is 24.4 Å². The Morgan fingerprint density at radius 3 is 2.67 bits per heavy atom. The van der Waals surface area contributed by atoms with Gasteiger partial charge in [-0.15, -0.1) is 0 Å². The number of benzene rings is 1. The van der Waals surface area contributed by atoms with Crippen LogP contribution in [0.25, 0.3) is 10.9 Å². The molecule has 0 atom stereocenters. The Morgan fingerprint density at radius 1 is 1.33 bits per heavy atom. The van der Waals surface area contributed by atoms with Crippen LogP contribution in [-0.4, -0.2) is 28.2 Å². The van der Waals surface area contributed by atoms with Crippen molar-refractivity contribution < 1.29 is 19.4 Å². The van der Waals surface area contributed by atoms with Crippen LogP contribution in [0.1, 0.15) is 35.0 Å². The maximum Gasteiger partial charge on any atom is 0.355 e. The Bertz CT molecular complexity index is 700. The first kappa shape index (κ1) is 15.1. The Hall–Kier alpha value is -2.30. The van der Waals surface area contributed by atoms with Crippen molar-refractivity contribution in [3.05, 3.63) is 35.0 Å². The largest absolute Gasteiger partial charge is 0.481 e. The summed E-state index contributed by atoms with van der Waals surface area (Å²) < 4.78 is 6.89. The fraction of sp³-hybridized carbons (Fsp3) is 0.375. The standard InChI is InChI=1S/C16H19NO4/c1-4-21-16(20)15-11(6-8-14(18)19)12-9-10(2)5-7-13(12)17(15)3/h5,7,9H,4,6,8H2,1-3H3,(H,18,19). The SMILES string of the molecule is CCOC(=O)c1c(CCC(=O)O)c2cc(C)ccc2n1C. The van der Waals surface area contributed by atoms with E-state index in [4.69, 9.17) is 9.84 Å². The van der Waals surface area contributed by atoms with Crippen LogP contribution in [0.4, 0.5) is 0 Å². The summed E-state index contributed by atoms with van der Waals surface area (Å²) in [6.07, 6.45) is 0.295. The van der Waals surface area contributed by atoms with Gasteiger partial charge in [-0.25, -0.2) is 4.79 Å². The average molecular weight is 289 g/mol. The van der Waals surface area contributed by atoms with Crippen molar-refractivity contribution in [2.24, 2.45) is 7.05 Å². The summed E-state index contributed by atoms with van der Waals surface area (Å²) >= 11 is 0. The number of rotatable bonds is 5. The number of hydrogen-bond donors (Lipinski definition) is 1. The van der Waals surface area contributed by atoms with Crippen molar-refractivity contribution in [1.29, 1.82) is 0 Å². The van der Waals surface area contributed by atoms with Crippen LogP contribution < -0.4 is 0 Å². The van der Waals surface area contributed by atoms with E-state index in [2.05, 4.69) is 0 Å². The lowest BCUT2D eigenvalue weighted by molar-refractivity contribution is -0.136. The van der Waals surface area contributed by atoms with E-state index in [0.29, 0.717) is 12.1 Å². The molecule has 0 bridgehead atoms. The Kier molecular flexibility index (Phi) is 4.31. The van der Waals surface area contributed by atoms with E-state index < -0.39 is 11.9 Å². The number of carbonyl (C=O) groups excluding carboxylic acids is 1. The highest BCUT2D eigenvalue weighted by molar-refractivity contribution is 5.99. The third-order valence-corrected chi connectivity index (χ3v) is 3.52. The minimum atomic E-state index is -0.880. The molecule has 0 spiro atoms. The van der Waals surface area contributed by atoms with Crippen molar-refractivity contribution >= 4 is 22.8 Å². The summed E-state index contributed by atoms with van der Waals surface area (Å²) in [5.74, 6) is -1.29. The smallest absolute Gasteiger partial charge is 0.355 e. The van der Waals surface area contributed by atoms with E-state index in [1.165, 1.54) is 0 Å². The van der Waals surface area contributed by atoms with Crippen LogP contribution >= 0.6 is 0 Å². The van der Waals surface area contributed by atoms with Crippen LogP contribution in [0.15, 0.2) is 18.2 Å². The number of aromatic nitrogens is 1. The Labute approximate surface area is 123 Å². The highest BCUT2D eigenvalue weighted by Gasteiger charge is 2.22. The highest BCUT2D eigenvalue weighted by Crippen LogP contribution is 2.28. The van der Waals surface area contributed by atoms with E-state index in [-0.39, 0.29) is 13.0 Å². The van der Waals surface area contributed by atoms with Crippen molar-refractivity contribution in [3.63, 3.8) is 0 Å². The van der Waals surface area contributed by atoms with Gasteiger partial charge in [-0.1, -0.05) is 11.6 Å². The first-order valence-corrected chi connectivity index (χ1v) is 6.92. The normalized spacial score (nSPS) is 10.8. The van der Waals surface area contributed by atoms with Gasteiger partial charge in [0.2, 0.25) is 0 Å². The molecule has 1 N–H and O–H groups in total. The highest BCUT2D eigenvalue weighted by atomic mass is 16.5. The molecule has 1 heterocycles. The molecule has 0 amide bonds. The monoisotopic (exact) mass is 289 g/mol. The second kappa shape index (κ2) is 5.99. The third-order valence-electron chi connectivity index (χ3n) is 3.52. The van der Waals surface area contributed by atoms with Crippen molar-refractivity contribution in [2.45, 2.75) is 26.7 Å². The molecule has 5 nitrogen and oxygen atoms in total. The molecule has 112 valence electrons. The Balaban J connectivity index is 2.63. The van der Waals surface area contributed by atoms with Gasteiger partial charge in [0.15, 0.2) is 0 Å². The molecule has 2 aromatic rings. The summed E-state index contributed by atoms with van der Waals surface area (Å²) in [6, 6.07) is 5.89. The minimum absolute atomic E-state index is 0.0144. The number of fused-ring (bicyclic) bond motifs is 1. The number of hydrogen-bond acceptors (Lipinski definition) is 3. The lowest BCUT2D eigenvalue weighted by atomic mass is 10.0. The second-order valence-corrected chi connectivity index (χ2v) is 5.02. The van der Waals surface area contributed by atoms with Gasteiger partial charge in [-0.3, -0.25) is 4.79 Å².